The molecule has 60 valence electrons. The summed E-state index contributed by atoms with van der Waals surface area (Å²) < 4.78 is 0. The molecule has 0 N–H and O–H groups in total. The molecule has 1 heterocycles. The molecular weight excluding hydrogens is 269 g/mol. The van der Waals surface area contributed by atoms with E-state index in [1.54, 1.807) is 6.20 Å². The van der Waals surface area contributed by atoms with Crippen LogP contribution in [0.2, 0.25) is 0 Å². The number of hydrogen-bond donors (Lipinski definition) is 1. The van der Waals surface area contributed by atoms with Gasteiger partial charge in [0.15, 0.2) is 0 Å². The number of pyridine rings is 1. The van der Waals surface area contributed by atoms with Gasteiger partial charge in [-0.2, -0.15) is 0 Å². The zero-order chi connectivity index (χ0) is 7.68. The Morgan fingerprint density at radius 1 is 1.08 bits per heavy atom. The van der Waals surface area contributed by atoms with Crippen LogP contribution in [-0.4, -0.2) is 30.8 Å². The Morgan fingerprint density at radius 2 is 1.83 bits per heavy atom. The van der Waals surface area contributed by atoms with E-state index in [2.05, 4.69) is 17.6 Å². The quantitative estimate of drug-likeness (QED) is 0.718. The van der Waals surface area contributed by atoms with E-state index in [0.717, 1.165) is 15.8 Å². The van der Waals surface area contributed by atoms with Gasteiger partial charge >= 0.3 is 25.8 Å². The minimum absolute atomic E-state index is 0. The third-order valence-corrected chi connectivity index (χ3v) is 1.97. The van der Waals surface area contributed by atoms with Gasteiger partial charge < -0.3 is 0 Å². The second-order valence-electron chi connectivity index (χ2n) is 2.35. The molecule has 0 spiro atoms. The van der Waals surface area contributed by atoms with Gasteiger partial charge in [-0.3, -0.25) is 4.98 Å². The Bertz CT molecular complexity index is 384. The average molecular weight is 279 g/mol. The fourth-order valence-corrected chi connectivity index (χ4v) is 1.36. The first-order chi connectivity index (χ1) is 5.38. The van der Waals surface area contributed by atoms with Gasteiger partial charge in [0.05, 0.1) is 5.52 Å². The van der Waals surface area contributed by atoms with Gasteiger partial charge in [-0.05, 0) is 12.1 Å². The fourth-order valence-electron chi connectivity index (χ4n) is 1.09. The van der Waals surface area contributed by atoms with E-state index in [1.165, 1.54) is 0 Å². The Kier molecular flexibility index (Phi) is 3.47. The first-order valence-electron chi connectivity index (χ1n) is 3.40. The molecule has 0 unspecified atom stereocenters. The molecule has 3 heteroatoms. The van der Waals surface area contributed by atoms with Gasteiger partial charge in [-0.15, -0.1) is 12.6 Å². The monoisotopic (exact) mass is 279 g/mol. The molecule has 0 radical (unpaired) electrons. The number of para-hydroxylation sites is 1. The maximum absolute atomic E-state index is 4.29. The number of benzene rings is 1. The van der Waals surface area contributed by atoms with Crippen molar-refractivity contribution >= 4 is 49.4 Å². The summed E-state index contributed by atoms with van der Waals surface area (Å²) in [6.45, 7) is 0. The van der Waals surface area contributed by atoms with Crippen molar-refractivity contribution in [3.05, 3.63) is 36.5 Å². The van der Waals surface area contributed by atoms with Gasteiger partial charge in [0.1, 0.15) is 0 Å². The Balaban J connectivity index is 0.000000720. The van der Waals surface area contributed by atoms with Gasteiger partial charge in [0.25, 0.3) is 0 Å². The third kappa shape index (κ3) is 1.77. The second kappa shape index (κ2) is 4.19. The van der Waals surface area contributed by atoms with Crippen LogP contribution in [0.25, 0.3) is 10.9 Å². The van der Waals surface area contributed by atoms with E-state index in [4.69, 9.17) is 0 Å². The molecule has 1 aromatic heterocycles. The molecule has 1 aromatic carbocycles. The van der Waals surface area contributed by atoms with Crippen molar-refractivity contribution in [2.24, 2.45) is 0 Å². The van der Waals surface area contributed by atoms with Crippen molar-refractivity contribution < 1.29 is 0 Å². The molecule has 0 aliphatic rings. The summed E-state index contributed by atoms with van der Waals surface area (Å²) in [5.41, 5.74) is 0.971. The van der Waals surface area contributed by atoms with Gasteiger partial charge in [0, 0.05) is 16.5 Å². The third-order valence-electron chi connectivity index (χ3n) is 1.61. The number of fused-ring (bicyclic) bond motifs is 1. The maximum atomic E-state index is 4.29. The van der Waals surface area contributed by atoms with E-state index in [-0.39, 0.29) is 25.8 Å². The molecule has 1 nitrogen and oxygen atoms in total. The average Bonchev–Trinajstić information content (AvgIpc) is 2.06. The van der Waals surface area contributed by atoms with E-state index < -0.39 is 0 Å². The van der Waals surface area contributed by atoms with Crippen molar-refractivity contribution in [3.63, 3.8) is 0 Å². The summed E-state index contributed by atoms with van der Waals surface area (Å²) in [6, 6.07) is 9.91. The summed E-state index contributed by atoms with van der Waals surface area (Å²) >= 11 is 4.29. The van der Waals surface area contributed by atoms with Gasteiger partial charge in [-0.25, -0.2) is 0 Å². The Hall–Kier alpha value is -0.150. The van der Waals surface area contributed by atoms with Gasteiger partial charge in [0.2, 0.25) is 0 Å². The van der Waals surface area contributed by atoms with E-state index in [9.17, 15) is 0 Å². The van der Waals surface area contributed by atoms with Crippen LogP contribution in [0.15, 0.2) is 41.4 Å². The topological polar surface area (TPSA) is 12.9 Å². The molecule has 0 saturated carbocycles. The molecule has 12 heavy (non-hydrogen) atoms. The molecule has 0 saturated heterocycles. The van der Waals surface area contributed by atoms with E-state index in [0.29, 0.717) is 0 Å². The van der Waals surface area contributed by atoms with Crippen LogP contribution >= 0.6 is 12.6 Å². The molecule has 0 aliphatic carbocycles. The van der Waals surface area contributed by atoms with Crippen molar-refractivity contribution in [2.75, 3.05) is 0 Å². The molecule has 2 rings (SSSR count). The standard InChI is InChI=1S/C9H7NS.In.3H/c11-8-5-1-3-7-4-2-6-10-9(7)8;;;;/h1-6,11H;;;;. The number of rotatable bonds is 0. The molecule has 0 fully saturated rings. The molecule has 0 aliphatic heterocycles. The van der Waals surface area contributed by atoms with Gasteiger partial charge in [-0.1, -0.05) is 18.2 Å². The van der Waals surface area contributed by atoms with Crippen molar-refractivity contribution in [2.45, 2.75) is 4.90 Å². The van der Waals surface area contributed by atoms with Crippen LogP contribution in [0.4, 0.5) is 0 Å². The Labute approximate surface area is 95.4 Å². The summed E-state index contributed by atoms with van der Waals surface area (Å²) in [7, 11) is 0. The zero-order valence-corrected chi connectivity index (χ0v) is 6.75. The number of nitrogens with zero attached hydrogens (tertiary/aromatic N) is 1. The van der Waals surface area contributed by atoms with E-state index >= 15 is 0 Å². The summed E-state index contributed by atoms with van der Waals surface area (Å²) in [6.07, 6.45) is 1.78. The number of aromatic nitrogens is 1. The summed E-state index contributed by atoms with van der Waals surface area (Å²) in [5, 5.41) is 1.14. The predicted molar refractivity (Wildman–Crippen MR) is 58.9 cm³/mol. The summed E-state index contributed by atoms with van der Waals surface area (Å²) in [5.74, 6) is 0. The normalized spacial score (nSPS) is 9.42. The predicted octanol–water partition coefficient (Wildman–Crippen LogP) is 1.34. The summed E-state index contributed by atoms with van der Waals surface area (Å²) in [4.78, 5) is 5.14. The van der Waals surface area contributed by atoms with Crippen molar-refractivity contribution in [1.29, 1.82) is 0 Å². The van der Waals surface area contributed by atoms with E-state index in [1.807, 2.05) is 30.3 Å². The first kappa shape index (κ1) is 9.93. The number of hydrogen-bond acceptors (Lipinski definition) is 2. The second-order valence-corrected chi connectivity index (χ2v) is 2.83. The fraction of sp³-hybridized carbons (Fsp3) is 0. The minimum atomic E-state index is 0. The van der Waals surface area contributed by atoms with Crippen LogP contribution in [0, 0.1) is 0 Å². The molecule has 0 atom stereocenters. The molecular formula is C9H10InNS. The van der Waals surface area contributed by atoms with Crippen LogP contribution in [0.3, 0.4) is 0 Å². The van der Waals surface area contributed by atoms with Crippen molar-refractivity contribution in [3.8, 4) is 0 Å². The molecule has 2 aromatic rings. The molecule has 0 bridgehead atoms. The van der Waals surface area contributed by atoms with Crippen LogP contribution < -0.4 is 0 Å². The van der Waals surface area contributed by atoms with Crippen LogP contribution in [-0.2, 0) is 0 Å². The Morgan fingerprint density at radius 3 is 2.58 bits per heavy atom. The number of thiol groups is 1. The first-order valence-corrected chi connectivity index (χ1v) is 3.85. The van der Waals surface area contributed by atoms with Crippen LogP contribution in [0.1, 0.15) is 0 Å². The van der Waals surface area contributed by atoms with Crippen molar-refractivity contribution in [1.82, 2.24) is 4.98 Å². The molecule has 0 amide bonds. The zero-order valence-electron chi connectivity index (χ0n) is 5.86. The van der Waals surface area contributed by atoms with Crippen LogP contribution in [0.5, 0.6) is 0 Å². The SMILES string of the molecule is Sc1cccc2cccnc12.[InH3].